The highest BCUT2D eigenvalue weighted by Crippen LogP contribution is 2.32. The van der Waals surface area contributed by atoms with Crippen LogP contribution in [0.4, 0.5) is 0 Å². The molecule has 1 fully saturated rings. The normalized spacial score (nSPS) is 17.2. The Balaban J connectivity index is 1.46. The first-order chi connectivity index (χ1) is 10.8. The molecular formula is C16H18N4O2. The summed E-state index contributed by atoms with van der Waals surface area (Å²) in [6.45, 7) is 2.63. The molecule has 1 amide bonds. The van der Waals surface area contributed by atoms with E-state index in [1.807, 2.05) is 23.4 Å². The molecule has 0 atom stereocenters. The fraction of sp³-hybridized carbons (Fsp3) is 0.438. The number of rotatable bonds is 4. The molecule has 6 heteroatoms. The lowest BCUT2D eigenvalue weighted by atomic mass is 10.2. The molecule has 6 nitrogen and oxygen atoms in total. The average Bonchev–Trinajstić information content (AvgIpc) is 3.34. The topological polar surface area (TPSA) is 60.2 Å². The summed E-state index contributed by atoms with van der Waals surface area (Å²) >= 11 is 0. The minimum Gasteiger partial charge on any atom is -0.486 e. The van der Waals surface area contributed by atoms with Crippen molar-refractivity contribution in [1.29, 1.82) is 0 Å². The molecule has 2 aromatic rings. The van der Waals surface area contributed by atoms with Crippen molar-refractivity contribution in [1.82, 2.24) is 19.4 Å². The molecule has 0 saturated heterocycles. The summed E-state index contributed by atoms with van der Waals surface area (Å²) < 4.78 is 7.85. The number of fused-ring (bicyclic) bond motifs is 1. The van der Waals surface area contributed by atoms with Gasteiger partial charge >= 0.3 is 0 Å². The molecule has 3 heterocycles. The van der Waals surface area contributed by atoms with E-state index in [-0.39, 0.29) is 5.92 Å². The van der Waals surface area contributed by atoms with Gasteiger partial charge in [0.2, 0.25) is 5.91 Å². The van der Waals surface area contributed by atoms with Gasteiger partial charge in [-0.3, -0.25) is 9.78 Å². The largest absolute Gasteiger partial charge is 0.486 e. The van der Waals surface area contributed by atoms with E-state index < -0.39 is 0 Å². The van der Waals surface area contributed by atoms with Gasteiger partial charge in [0, 0.05) is 25.2 Å². The van der Waals surface area contributed by atoms with Crippen molar-refractivity contribution < 1.29 is 9.53 Å². The number of carbonyl (C=O) groups excluding carboxylic acids is 1. The zero-order chi connectivity index (χ0) is 14.9. The Kier molecular flexibility index (Phi) is 3.29. The van der Waals surface area contributed by atoms with Crippen LogP contribution in [0.3, 0.4) is 0 Å². The summed E-state index contributed by atoms with van der Waals surface area (Å²) in [5.41, 5.74) is 1.99. The molecule has 0 aromatic carbocycles. The number of hydrogen-bond donors (Lipinski definition) is 0. The van der Waals surface area contributed by atoms with Crippen LogP contribution < -0.4 is 4.74 Å². The third-order valence-electron chi connectivity index (χ3n) is 4.23. The number of carbonyl (C=O) groups is 1. The van der Waals surface area contributed by atoms with Crippen LogP contribution in [0, 0.1) is 5.92 Å². The summed E-state index contributed by atoms with van der Waals surface area (Å²) in [7, 11) is 0. The maximum absolute atomic E-state index is 12.2. The van der Waals surface area contributed by atoms with Gasteiger partial charge in [-0.1, -0.05) is 0 Å². The van der Waals surface area contributed by atoms with Gasteiger partial charge in [-0.15, -0.1) is 0 Å². The number of aromatic nitrogens is 3. The second-order valence-electron chi connectivity index (χ2n) is 5.84. The van der Waals surface area contributed by atoms with Crippen molar-refractivity contribution in [3.05, 3.63) is 42.2 Å². The van der Waals surface area contributed by atoms with Crippen LogP contribution in [0.1, 0.15) is 24.2 Å². The molecule has 114 valence electrons. The highest BCUT2D eigenvalue weighted by Gasteiger charge is 2.35. The van der Waals surface area contributed by atoms with Crippen molar-refractivity contribution in [2.75, 3.05) is 6.54 Å². The van der Waals surface area contributed by atoms with Crippen LogP contribution in [0.5, 0.6) is 5.75 Å². The second kappa shape index (κ2) is 5.44. The van der Waals surface area contributed by atoms with E-state index in [2.05, 4.69) is 14.5 Å². The number of hydrogen-bond acceptors (Lipinski definition) is 4. The maximum Gasteiger partial charge on any atom is 0.226 e. The van der Waals surface area contributed by atoms with Crippen LogP contribution in [-0.4, -0.2) is 31.9 Å². The Labute approximate surface area is 128 Å². The van der Waals surface area contributed by atoms with E-state index >= 15 is 0 Å². The minimum absolute atomic E-state index is 0.268. The van der Waals surface area contributed by atoms with E-state index in [4.69, 9.17) is 4.74 Å². The molecule has 4 rings (SSSR count). The Morgan fingerprint density at radius 1 is 1.36 bits per heavy atom. The third-order valence-corrected chi connectivity index (χ3v) is 4.23. The molecule has 0 bridgehead atoms. The van der Waals surface area contributed by atoms with Crippen molar-refractivity contribution >= 4 is 5.91 Å². The predicted octanol–water partition coefficient (Wildman–Crippen LogP) is 1.61. The Morgan fingerprint density at radius 3 is 3.05 bits per heavy atom. The van der Waals surface area contributed by atoms with Crippen LogP contribution >= 0.6 is 0 Å². The first-order valence-electron chi connectivity index (χ1n) is 7.66. The lowest BCUT2D eigenvalue weighted by Crippen LogP contribution is -2.39. The number of imidazole rings is 1. The van der Waals surface area contributed by atoms with Gasteiger partial charge in [-0.2, -0.15) is 0 Å². The molecule has 1 aliphatic heterocycles. The molecular weight excluding hydrogens is 280 g/mol. The molecule has 22 heavy (non-hydrogen) atoms. The zero-order valence-corrected chi connectivity index (χ0v) is 12.3. The van der Waals surface area contributed by atoms with Gasteiger partial charge in [0.05, 0.1) is 24.8 Å². The summed E-state index contributed by atoms with van der Waals surface area (Å²) in [5.74, 6) is 1.29. The highest BCUT2D eigenvalue weighted by molar-refractivity contribution is 5.81. The standard InChI is InChI=1S/C16H18N4O2/c21-16(12-3-4-12)19-6-7-20-11-18-14(15(20)9-19)10-22-13-2-1-5-17-8-13/h1-2,5,8,11-12H,3-4,6-7,9-10H2. The highest BCUT2D eigenvalue weighted by atomic mass is 16.5. The summed E-state index contributed by atoms with van der Waals surface area (Å²) in [4.78, 5) is 22.7. The Morgan fingerprint density at radius 2 is 2.27 bits per heavy atom. The van der Waals surface area contributed by atoms with Gasteiger partial charge in [0.15, 0.2) is 0 Å². The number of amides is 1. The molecule has 2 aromatic heterocycles. The van der Waals surface area contributed by atoms with E-state index in [0.717, 1.165) is 43.1 Å². The average molecular weight is 298 g/mol. The predicted molar refractivity (Wildman–Crippen MR) is 78.9 cm³/mol. The van der Waals surface area contributed by atoms with Gasteiger partial charge in [0.1, 0.15) is 18.1 Å². The second-order valence-corrected chi connectivity index (χ2v) is 5.84. The number of pyridine rings is 1. The Hall–Kier alpha value is -2.37. The van der Waals surface area contributed by atoms with Gasteiger partial charge in [-0.25, -0.2) is 4.98 Å². The minimum atomic E-state index is 0.268. The lowest BCUT2D eigenvalue weighted by Gasteiger charge is -2.29. The van der Waals surface area contributed by atoms with E-state index in [9.17, 15) is 4.79 Å². The number of ether oxygens (including phenoxy) is 1. The van der Waals surface area contributed by atoms with Crippen LogP contribution in [0.2, 0.25) is 0 Å². The fourth-order valence-electron chi connectivity index (χ4n) is 2.79. The fourth-order valence-corrected chi connectivity index (χ4v) is 2.79. The Bertz CT molecular complexity index is 679. The van der Waals surface area contributed by atoms with Crippen LogP contribution in [-0.2, 0) is 24.5 Å². The first-order valence-corrected chi connectivity index (χ1v) is 7.66. The monoisotopic (exact) mass is 298 g/mol. The molecule has 1 saturated carbocycles. The van der Waals surface area contributed by atoms with E-state index in [1.165, 1.54) is 0 Å². The van der Waals surface area contributed by atoms with E-state index in [0.29, 0.717) is 19.1 Å². The molecule has 1 aliphatic carbocycles. The smallest absolute Gasteiger partial charge is 0.226 e. The maximum atomic E-state index is 12.2. The zero-order valence-electron chi connectivity index (χ0n) is 12.3. The first kappa shape index (κ1) is 13.3. The summed E-state index contributed by atoms with van der Waals surface area (Å²) in [5, 5.41) is 0. The summed E-state index contributed by atoms with van der Waals surface area (Å²) in [6.07, 6.45) is 7.34. The molecule has 2 aliphatic rings. The van der Waals surface area contributed by atoms with Gasteiger partial charge < -0.3 is 14.2 Å². The van der Waals surface area contributed by atoms with Gasteiger partial charge in [0.25, 0.3) is 0 Å². The van der Waals surface area contributed by atoms with Crippen molar-refractivity contribution in [3.8, 4) is 5.75 Å². The third kappa shape index (κ3) is 2.56. The molecule has 0 spiro atoms. The molecule has 0 radical (unpaired) electrons. The van der Waals surface area contributed by atoms with Crippen molar-refractivity contribution in [2.24, 2.45) is 5.92 Å². The van der Waals surface area contributed by atoms with Crippen LogP contribution in [0.15, 0.2) is 30.9 Å². The lowest BCUT2D eigenvalue weighted by molar-refractivity contribution is -0.134. The number of nitrogens with zero attached hydrogens (tertiary/aromatic N) is 4. The van der Waals surface area contributed by atoms with Crippen LogP contribution in [0.25, 0.3) is 0 Å². The van der Waals surface area contributed by atoms with Crippen molar-refractivity contribution in [2.45, 2.75) is 32.5 Å². The quantitative estimate of drug-likeness (QED) is 0.860. The summed E-state index contributed by atoms with van der Waals surface area (Å²) in [6, 6.07) is 3.71. The van der Waals surface area contributed by atoms with Crippen molar-refractivity contribution in [3.63, 3.8) is 0 Å². The molecule has 0 unspecified atom stereocenters. The molecule has 0 N–H and O–H groups in total. The van der Waals surface area contributed by atoms with E-state index in [1.54, 1.807) is 12.4 Å². The SMILES string of the molecule is O=C(C1CC1)N1CCn2cnc(COc3cccnc3)c2C1. The van der Waals surface area contributed by atoms with Gasteiger partial charge in [-0.05, 0) is 25.0 Å².